The second-order valence-corrected chi connectivity index (χ2v) is 9.85. The molecule has 0 atom stereocenters. The molecule has 1 heterocycles. The molecule has 0 aromatic heterocycles. The van der Waals surface area contributed by atoms with E-state index in [0.29, 0.717) is 17.1 Å². The first-order valence-electron chi connectivity index (χ1n) is 10.3. The zero-order chi connectivity index (χ0) is 23.4. The Morgan fingerprint density at radius 2 is 1.91 bits per heavy atom. The van der Waals surface area contributed by atoms with Gasteiger partial charge in [-0.05, 0) is 42.0 Å². The average molecular weight is 492 g/mol. The first-order chi connectivity index (χ1) is 15.9. The molecule has 33 heavy (non-hydrogen) atoms. The second-order valence-electron chi connectivity index (χ2n) is 7.51. The Labute approximate surface area is 197 Å². The highest BCUT2D eigenvalue weighted by Crippen LogP contribution is 2.31. The molecular weight excluding hydrogens is 469 g/mol. The summed E-state index contributed by atoms with van der Waals surface area (Å²) in [6, 6.07) is 16.4. The van der Waals surface area contributed by atoms with Crippen molar-refractivity contribution in [2.45, 2.75) is 24.7 Å². The number of ether oxygens (including phenoxy) is 3. The fourth-order valence-corrected chi connectivity index (χ4v) is 5.32. The molecule has 174 valence electrons. The number of methoxy groups -OCH3 is 1. The molecule has 3 aromatic carbocycles. The van der Waals surface area contributed by atoms with Gasteiger partial charge in [0, 0.05) is 24.2 Å². The maximum atomic E-state index is 13.8. The number of halogens is 2. The number of fused-ring (bicyclic) bond motifs is 1. The van der Waals surface area contributed by atoms with Gasteiger partial charge in [-0.2, -0.15) is 4.31 Å². The summed E-state index contributed by atoms with van der Waals surface area (Å²) in [4.78, 5) is 0.0844. The SMILES string of the molecule is COc1ccc(S(=O)(=O)N2CCOc3ccc(COCc4ccccc4F)cc3C2)cc1Cl. The molecule has 3 aromatic rings. The Morgan fingerprint density at radius 3 is 2.67 bits per heavy atom. The summed E-state index contributed by atoms with van der Waals surface area (Å²) in [6.07, 6.45) is 0. The van der Waals surface area contributed by atoms with Crippen LogP contribution in [0.1, 0.15) is 16.7 Å². The molecule has 0 radical (unpaired) electrons. The first kappa shape index (κ1) is 23.5. The highest BCUT2D eigenvalue weighted by molar-refractivity contribution is 7.89. The van der Waals surface area contributed by atoms with E-state index < -0.39 is 10.0 Å². The van der Waals surface area contributed by atoms with Crippen LogP contribution in [0.5, 0.6) is 11.5 Å². The summed E-state index contributed by atoms with van der Waals surface area (Å²) < 4.78 is 58.2. The lowest BCUT2D eigenvalue weighted by Crippen LogP contribution is -2.32. The summed E-state index contributed by atoms with van der Waals surface area (Å²) in [6.45, 7) is 0.947. The van der Waals surface area contributed by atoms with E-state index in [2.05, 4.69) is 0 Å². The van der Waals surface area contributed by atoms with Crippen molar-refractivity contribution in [1.29, 1.82) is 0 Å². The molecule has 0 fully saturated rings. The Hall–Kier alpha value is -2.65. The van der Waals surface area contributed by atoms with Crippen LogP contribution in [0.15, 0.2) is 65.6 Å². The van der Waals surface area contributed by atoms with E-state index in [1.54, 1.807) is 24.3 Å². The van der Waals surface area contributed by atoms with Crippen molar-refractivity contribution in [3.05, 3.63) is 88.2 Å². The van der Waals surface area contributed by atoms with Gasteiger partial charge < -0.3 is 14.2 Å². The van der Waals surface area contributed by atoms with Crippen LogP contribution in [0.25, 0.3) is 0 Å². The lowest BCUT2D eigenvalue weighted by Gasteiger charge is -2.20. The Bertz CT molecular complexity index is 1250. The monoisotopic (exact) mass is 491 g/mol. The van der Waals surface area contributed by atoms with Gasteiger partial charge in [0.2, 0.25) is 10.0 Å². The molecule has 6 nitrogen and oxygen atoms in total. The number of hydrogen-bond donors (Lipinski definition) is 0. The predicted molar refractivity (Wildman–Crippen MR) is 122 cm³/mol. The molecule has 0 N–H and O–H groups in total. The number of hydrogen-bond acceptors (Lipinski definition) is 5. The first-order valence-corrected chi connectivity index (χ1v) is 12.1. The van der Waals surface area contributed by atoms with Crippen molar-refractivity contribution in [2.24, 2.45) is 0 Å². The lowest BCUT2D eigenvalue weighted by molar-refractivity contribution is 0.105. The van der Waals surface area contributed by atoms with E-state index in [9.17, 15) is 12.8 Å². The van der Waals surface area contributed by atoms with Crippen LogP contribution < -0.4 is 9.47 Å². The molecule has 0 amide bonds. The predicted octanol–water partition coefficient (Wildman–Crippen LogP) is 4.79. The van der Waals surface area contributed by atoms with E-state index in [1.807, 2.05) is 12.1 Å². The molecule has 0 saturated heterocycles. The third-order valence-corrected chi connectivity index (χ3v) is 7.45. The minimum atomic E-state index is -3.81. The highest BCUT2D eigenvalue weighted by atomic mass is 35.5. The van der Waals surface area contributed by atoms with E-state index in [4.69, 9.17) is 25.8 Å². The molecule has 1 aliphatic rings. The van der Waals surface area contributed by atoms with Crippen molar-refractivity contribution < 1.29 is 27.0 Å². The highest BCUT2D eigenvalue weighted by Gasteiger charge is 2.28. The van der Waals surface area contributed by atoms with E-state index in [-0.39, 0.29) is 48.6 Å². The van der Waals surface area contributed by atoms with Crippen LogP contribution >= 0.6 is 11.6 Å². The third kappa shape index (κ3) is 5.30. The molecule has 4 rings (SSSR count). The smallest absolute Gasteiger partial charge is 0.243 e. The van der Waals surface area contributed by atoms with Crippen molar-refractivity contribution >= 4 is 21.6 Å². The van der Waals surface area contributed by atoms with Gasteiger partial charge in [-0.1, -0.05) is 35.9 Å². The zero-order valence-corrected chi connectivity index (χ0v) is 19.5. The molecule has 9 heteroatoms. The summed E-state index contributed by atoms with van der Waals surface area (Å²) in [5.41, 5.74) is 2.04. The van der Waals surface area contributed by atoms with Gasteiger partial charge in [0.25, 0.3) is 0 Å². The second kappa shape index (κ2) is 10.1. The Morgan fingerprint density at radius 1 is 1.09 bits per heavy atom. The largest absolute Gasteiger partial charge is 0.495 e. The van der Waals surface area contributed by atoms with E-state index >= 15 is 0 Å². The van der Waals surface area contributed by atoms with Gasteiger partial charge in [-0.25, -0.2) is 12.8 Å². The molecule has 0 saturated carbocycles. The van der Waals surface area contributed by atoms with Crippen LogP contribution in [0.3, 0.4) is 0 Å². The number of rotatable bonds is 7. The normalized spacial score (nSPS) is 14.3. The summed E-state index contributed by atoms with van der Waals surface area (Å²) in [7, 11) is -2.34. The van der Waals surface area contributed by atoms with E-state index in [1.165, 1.54) is 35.7 Å². The number of nitrogens with zero attached hydrogens (tertiary/aromatic N) is 1. The fraction of sp³-hybridized carbons (Fsp3) is 0.250. The topological polar surface area (TPSA) is 65.1 Å². The maximum Gasteiger partial charge on any atom is 0.243 e. The van der Waals surface area contributed by atoms with Crippen LogP contribution in [0.2, 0.25) is 5.02 Å². The molecule has 0 spiro atoms. The van der Waals surface area contributed by atoms with Crippen molar-refractivity contribution in [2.75, 3.05) is 20.3 Å². The average Bonchev–Trinajstić information content (AvgIpc) is 3.03. The molecule has 1 aliphatic heterocycles. The van der Waals surface area contributed by atoms with Crippen LogP contribution in [0, 0.1) is 5.82 Å². The molecule has 0 aliphatic carbocycles. The van der Waals surface area contributed by atoms with Gasteiger partial charge in [0.15, 0.2) is 0 Å². The minimum Gasteiger partial charge on any atom is -0.495 e. The number of benzene rings is 3. The van der Waals surface area contributed by atoms with Gasteiger partial charge in [0.05, 0.1) is 30.2 Å². The third-order valence-electron chi connectivity index (χ3n) is 5.32. The molecule has 0 bridgehead atoms. The van der Waals surface area contributed by atoms with Gasteiger partial charge in [0.1, 0.15) is 23.9 Å². The zero-order valence-electron chi connectivity index (χ0n) is 18.0. The Kier molecular flexibility index (Phi) is 7.19. The summed E-state index contributed by atoms with van der Waals surface area (Å²) >= 11 is 6.14. The number of sulfonamides is 1. The van der Waals surface area contributed by atoms with Gasteiger partial charge >= 0.3 is 0 Å². The quantitative estimate of drug-likeness (QED) is 0.475. The van der Waals surface area contributed by atoms with E-state index in [0.717, 1.165) is 11.1 Å². The summed E-state index contributed by atoms with van der Waals surface area (Å²) in [5, 5.41) is 0.222. The standard InChI is InChI=1S/C24H23ClFNO5S/c1-30-24-9-7-20(13-21(24)25)33(28,29)27-10-11-32-23-8-6-17(12-19(23)14-27)15-31-16-18-4-2-3-5-22(18)26/h2-9,12-13H,10-11,14-16H2,1H3. The summed E-state index contributed by atoms with van der Waals surface area (Å²) in [5.74, 6) is 0.714. The van der Waals surface area contributed by atoms with Crippen LogP contribution in [-0.2, 0) is 34.5 Å². The maximum absolute atomic E-state index is 13.8. The molecular formula is C24H23ClFNO5S. The lowest BCUT2D eigenvalue weighted by atomic mass is 10.1. The van der Waals surface area contributed by atoms with Crippen molar-refractivity contribution in [3.8, 4) is 11.5 Å². The van der Waals surface area contributed by atoms with Gasteiger partial charge in [-0.3, -0.25) is 0 Å². The molecule has 0 unspecified atom stereocenters. The van der Waals surface area contributed by atoms with Crippen molar-refractivity contribution in [1.82, 2.24) is 4.31 Å². The van der Waals surface area contributed by atoms with Crippen LogP contribution in [-0.4, -0.2) is 33.0 Å². The minimum absolute atomic E-state index is 0.0844. The van der Waals surface area contributed by atoms with Gasteiger partial charge in [-0.15, -0.1) is 0 Å². The Balaban J connectivity index is 1.50. The van der Waals surface area contributed by atoms with Crippen LogP contribution in [0.4, 0.5) is 4.39 Å². The van der Waals surface area contributed by atoms with Crippen molar-refractivity contribution in [3.63, 3.8) is 0 Å². The fourth-order valence-electron chi connectivity index (χ4n) is 3.57.